The minimum absolute atomic E-state index is 0.00536. The van der Waals surface area contributed by atoms with Gasteiger partial charge in [-0.1, -0.05) is 60.2 Å². The second kappa shape index (κ2) is 9.25. The summed E-state index contributed by atoms with van der Waals surface area (Å²) in [5, 5.41) is 14.9. The fourth-order valence-electron chi connectivity index (χ4n) is 4.83. The van der Waals surface area contributed by atoms with Crippen molar-refractivity contribution in [2.75, 3.05) is 18.5 Å². The van der Waals surface area contributed by atoms with E-state index in [9.17, 15) is 19.5 Å². The molecule has 0 spiro atoms. The predicted octanol–water partition coefficient (Wildman–Crippen LogP) is 4.81. The van der Waals surface area contributed by atoms with Crippen molar-refractivity contribution in [1.82, 2.24) is 5.32 Å². The van der Waals surface area contributed by atoms with Gasteiger partial charge in [0.2, 0.25) is 5.91 Å². The molecule has 2 aliphatic carbocycles. The number of carbonyl (C=O) groups excluding carboxylic acids is 2. The molecule has 35 heavy (non-hydrogen) atoms. The normalized spacial score (nSPS) is 17.7. The van der Waals surface area contributed by atoms with Gasteiger partial charge in [0.15, 0.2) is 0 Å². The summed E-state index contributed by atoms with van der Waals surface area (Å²) in [4.78, 5) is 36.4. The van der Waals surface area contributed by atoms with Crippen molar-refractivity contribution in [2.45, 2.75) is 19.3 Å². The molecule has 3 aromatic carbocycles. The molecular weight excluding hydrogens is 444 g/mol. The first-order valence-corrected chi connectivity index (χ1v) is 11.7. The number of ether oxygens (including phenoxy) is 1. The van der Waals surface area contributed by atoms with E-state index in [1.165, 1.54) is 17.2 Å². The van der Waals surface area contributed by atoms with Gasteiger partial charge in [0.1, 0.15) is 6.61 Å². The van der Waals surface area contributed by atoms with Gasteiger partial charge in [0.25, 0.3) is 0 Å². The first-order valence-electron chi connectivity index (χ1n) is 11.7. The lowest BCUT2D eigenvalue weighted by Gasteiger charge is -2.14. The highest BCUT2D eigenvalue weighted by atomic mass is 16.5. The van der Waals surface area contributed by atoms with Crippen LogP contribution in [-0.2, 0) is 9.53 Å². The molecule has 5 rings (SSSR count). The average Bonchev–Trinajstić information content (AvgIpc) is 3.57. The van der Waals surface area contributed by atoms with Gasteiger partial charge in [-0.25, -0.2) is 9.59 Å². The van der Waals surface area contributed by atoms with Gasteiger partial charge in [0, 0.05) is 18.4 Å². The second-order valence-electron chi connectivity index (χ2n) is 9.15. The summed E-state index contributed by atoms with van der Waals surface area (Å²) in [7, 11) is 0. The Morgan fingerprint density at radius 2 is 1.63 bits per heavy atom. The number of amides is 2. The topological polar surface area (TPSA) is 105 Å². The number of carboxylic acids is 1. The van der Waals surface area contributed by atoms with Crippen LogP contribution in [0.1, 0.15) is 39.4 Å². The van der Waals surface area contributed by atoms with E-state index in [1.54, 1.807) is 19.1 Å². The van der Waals surface area contributed by atoms with E-state index in [-0.39, 0.29) is 41.5 Å². The number of benzene rings is 3. The van der Waals surface area contributed by atoms with E-state index in [0.717, 1.165) is 16.7 Å². The number of carbonyl (C=O) groups is 3. The van der Waals surface area contributed by atoms with Crippen LogP contribution in [0.5, 0.6) is 0 Å². The van der Waals surface area contributed by atoms with Gasteiger partial charge in [-0.2, -0.15) is 0 Å². The van der Waals surface area contributed by atoms with E-state index < -0.39 is 12.1 Å². The molecule has 0 bridgehead atoms. The highest BCUT2D eigenvalue weighted by molar-refractivity contribution is 6.02. The minimum atomic E-state index is -1.09. The van der Waals surface area contributed by atoms with Crippen LogP contribution in [0.3, 0.4) is 0 Å². The van der Waals surface area contributed by atoms with E-state index in [2.05, 4.69) is 34.9 Å². The average molecular weight is 471 g/mol. The third-order valence-electron chi connectivity index (χ3n) is 6.77. The van der Waals surface area contributed by atoms with Crippen molar-refractivity contribution in [3.8, 4) is 11.1 Å². The maximum absolute atomic E-state index is 12.6. The lowest BCUT2D eigenvalue weighted by Crippen LogP contribution is -2.29. The Bertz CT molecular complexity index is 1270. The van der Waals surface area contributed by atoms with Crippen LogP contribution in [0.25, 0.3) is 11.1 Å². The molecule has 0 radical (unpaired) electrons. The van der Waals surface area contributed by atoms with E-state index >= 15 is 0 Å². The number of hydrogen-bond acceptors (Lipinski definition) is 4. The van der Waals surface area contributed by atoms with Crippen molar-refractivity contribution in [1.29, 1.82) is 0 Å². The number of rotatable bonds is 7. The van der Waals surface area contributed by atoms with Gasteiger partial charge in [-0.15, -0.1) is 0 Å². The molecule has 0 aromatic heterocycles. The molecule has 178 valence electrons. The summed E-state index contributed by atoms with van der Waals surface area (Å²) in [5.41, 5.74) is 5.79. The molecule has 3 N–H and O–H groups in total. The molecule has 3 aromatic rings. The fraction of sp³-hybridized carbons (Fsp3) is 0.250. The van der Waals surface area contributed by atoms with Crippen molar-refractivity contribution in [3.63, 3.8) is 0 Å². The van der Waals surface area contributed by atoms with Gasteiger partial charge in [-0.05, 0) is 53.6 Å². The zero-order valence-corrected chi connectivity index (χ0v) is 19.3. The smallest absolute Gasteiger partial charge is 0.407 e. The molecule has 1 fully saturated rings. The lowest BCUT2D eigenvalue weighted by atomic mass is 9.98. The largest absolute Gasteiger partial charge is 0.478 e. The number of fused-ring (bicyclic) bond motifs is 3. The van der Waals surface area contributed by atoms with Gasteiger partial charge in [-0.3, -0.25) is 4.79 Å². The number of alkyl carbamates (subject to hydrolysis) is 1. The van der Waals surface area contributed by atoms with Crippen LogP contribution in [0.2, 0.25) is 0 Å². The molecule has 7 heteroatoms. The van der Waals surface area contributed by atoms with E-state index in [1.807, 2.05) is 24.3 Å². The van der Waals surface area contributed by atoms with E-state index in [4.69, 9.17) is 4.74 Å². The molecule has 7 nitrogen and oxygen atoms in total. The van der Waals surface area contributed by atoms with Crippen molar-refractivity contribution < 1.29 is 24.2 Å². The molecule has 2 atom stereocenters. The summed E-state index contributed by atoms with van der Waals surface area (Å²) in [5.74, 6) is -1.62. The summed E-state index contributed by atoms with van der Waals surface area (Å²) in [6.45, 7) is 2.36. The number of hydrogen-bond donors (Lipinski definition) is 3. The second-order valence-corrected chi connectivity index (χ2v) is 9.15. The lowest BCUT2D eigenvalue weighted by molar-refractivity contribution is -0.117. The first kappa shape index (κ1) is 22.7. The minimum Gasteiger partial charge on any atom is -0.478 e. The zero-order valence-electron chi connectivity index (χ0n) is 19.3. The third-order valence-corrected chi connectivity index (χ3v) is 6.77. The summed E-state index contributed by atoms with van der Waals surface area (Å²) in [6, 6.07) is 21.2. The van der Waals surface area contributed by atoms with Gasteiger partial charge < -0.3 is 20.5 Å². The summed E-state index contributed by atoms with van der Waals surface area (Å²) < 4.78 is 5.55. The maximum Gasteiger partial charge on any atom is 0.407 e. The van der Waals surface area contributed by atoms with Crippen LogP contribution in [0.15, 0.2) is 66.7 Å². The summed E-state index contributed by atoms with van der Waals surface area (Å²) >= 11 is 0. The molecule has 0 heterocycles. The Hall–Kier alpha value is -4.13. The molecule has 2 aliphatic rings. The Morgan fingerprint density at radius 3 is 2.29 bits per heavy atom. The maximum atomic E-state index is 12.6. The monoisotopic (exact) mass is 470 g/mol. The number of carboxylic acid groups (broad SMARTS) is 1. The Labute approximate surface area is 203 Å². The molecule has 1 saturated carbocycles. The third kappa shape index (κ3) is 4.62. The zero-order chi connectivity index (χ0) is 24.5. The number of aromatic carboxylic acids is 1. The highest BCUT2D eigenvalue weighted by Gasteiger charge is 2.43. The van der Waals surface area contributed by atoms with E-state index in [0.29, 0.717) is 13.0 Å². The van der Waals surface area contributed by atoms with Gasteiger partial charge in [0.05, 0.1) is 11.3 Å². The first-order chi connectivity index (χ1) is 16.9. The van der Waals surface area contributed by atoms with Gasteiger partial charge >= 0.3 is 12.1 Å². The number of anilines is 1. The van der Waals surface area contributed by atoms with Crippen LogP contribution in [-0.4, -0.2) is 36.2 Å². The number of aryl methyl sites for hydroxylation is 1. The fourth-order valence-corrected chi connectivity index (χ4v) is 4.83. The predicted molar refractivity (Wildman–Crippen MR) is 131 cm³/mol. The van der Waals surface area contributed by atoms with Crippen LogP contribution < -0.4 is 10.6 Å². The SMILES string of the molecule is Cc1ccc(NC(=O)C2CC2CNC(=O)OCC2c3ccccc3-c3ccccc32)c(C(=O)O)c1. The number of nitrogens with one attached hydrogen (secondary N) is 2. The quantitative estimate of drug-likeness (QED) is 0.460. The van der Waals surface area contributed by atoms with Crippen molar-refractivity contribution >= 4 is 23.7 Å². The molecule has 2 amide bonds. The molecular formula is C28H26N2O5. The highest BCUT2D eigenvalue weighted by Crippen LogP contribution is 2.44. The Morgan fingerprint density at radius 1 is 0.971 bits per heavy atom. The standard InChI is InChI=1S/C28H26N2O5/c1-16-10-11-25(23(12-16)27(32)33)30-26(31)22-13-17(22)14-29-28(34)35-15-24-20-8-4-2-6-18(20)19-7-3-5-9-21(19)24/h2-12,17,22,24H,13-15H2,1H3,(H,29,34)(H,30,31)(H,32,33). The van der Waals surface area contributed by atoms with Crippen molar-refractivity contribution in [3.05, 3.63) is 89.0 Å². The molecule has 2 unspecified atom stereocenters. The molecule has 0 aliphatic heterocycles. The van der Waals surface area contributed by atoms with Crippen LogP contribution in [0, 0.1) is 18.8 Å². The molecule has 0 saturated heterocycles. The van der Waals surface area contributed by atoms with Crippen LogP contribution in [0.4, 0.5) is 10.5 Å². The van der Waals surface area contributed by atoms with Crippen molar-refractivity contribution in [2.24, 2.45) is 11.8 Å². The van der Waals surface area contributed by atoms with Crippen LogP contribution >= 0.6 is 0 Å². The Kier molecular flexibility index (Phi) is 5.99. The Balaban J connectivity index is 1.12. The summed E-state index contributed by atoms with van der Waals surface area (Å²) in [6.07, 6.45) is 0.119.